The van der Waals surface area contributed by atoms with Crippen LogP contribution in [0, 0.1) is 11.7 Å². The van der Waals surface area contributed by atoms with Gasteiger partial charge in [-0.05, 0) is 68.7 Å². The lowest BCUT2D eigenvalue weighted by molar-refractivity contribution is -0.169. The zero-order valence-electron chi connectivity index (χ0n) is 23.8. The number of nitrogens with one attached hydrogen (secondary N) is 1. The van der Waals surface area contributed by atoms with Crippen LogP contribution in [-0.2, 0) is 20.7 Å². The van der Waals surface area contributed by atoms with Crippen LogP contribution in [0.3, 0.4) is 0 Å². The summed E-state index contributed by atoms with van der Waals surface area (Å²) >= 11 is 7.94. The maximum atomic E-state index is 15.3. The van der Waals surface area contributed by atoms with Gasteiger partial charge in [-0.2, -0.15) is 0 Å². The topological polar surface area (TPSA) is 99.2 Å². The first-order valence-corrected chi connectivity index (χ1v) is 16.2. The Labute approximate surface area is 258 Å². The van der Waals surface area contributed by atoms with Crippen molar-refractivity contribution in [1.82, 2.24) is 9.80 Å². The van der Waals surface area contributed by atoms with Crippen molar-refractivity contribution in [2.24, 2.45) is 5.92 Å². The number of halogens is 2. The Kier molecular flexibility index (Phi) is 9.00. The molecule has 11 heteroatoms. The van der Waals surface area contributed by atoms with Crippen LogP contribution in [0.2, 0.25) is 5.02 Å². The van der Waals surface area contributed by atoms with Gasteiger partial charge in [0.1, 0.15) is 12.0 Å². The van der Waals surface area contributed by atoms with Gasteiger partial charge < -0.3 is 20.1 Å². The summed E-state index contributed by atoms with van der Waals surface area (Å²) in [5.74, 6) is -2.24. The number of carboxylic acid groups (broad SMARTS) is 1. The molecule has 1 unspecified atom stereocenters. The molecule has 1 aliphatic carbocycles. The molecule has 0 radical (unpaired) electrons. The quantitative estimate of drug-likeness (QED) is 0.294. The second-order valence-corrected chi connectivity index (χ2v) is 13.0. The van der Waals surface area contributed by atoms with E-state index in [-0.39, 0.29) is 58.8 Å². The number of benzene rings is 2. The van der Waals surface area contributed by atoms with Crippen molar-refractivity contribution >= 4 is 56.5 Å². The number of thiophene rings is 1. The molecule has 1 saturated carbocycles. The summed E-state index contributed by atoms with van der Waals surface area (Å²) in [4.78, 5) is 42.0. The molecule has 3 aromatic rings. The molecule has 2 N–H and O–H groups in total. The van der Waals surface area contributed by atoms with Crippen molar-refractivity contribution in [2.75, 3.05) is 25.0 Å². The van der Waals surface area contributed by atoms with Crippen molar-refractivity contribution < 1.29 is 28.6 Å². The van der Waals surface area contributed by atoms with E-state index in [4.69, 9.17) is 16.3 Å². The average Bonchev–Trinajstić information content (AvgIpc) is 3.62. The Bertz CT molecular complexity index is 1520. The zero-order chi connectivity index (χ0) is 30.1. The lowest BCUT2D eigenvalue weighted by atomic mass is 9.87. The number of amides is 2. The maximum Gasteiger partial charge on any atom is 0.306 e. The highest BCUT2D eigenvalue weighted by atomic mass is 35.5. The minimum absolute atomic E-state index is 0.0372. The van der Waals surface area contributed by atoms with E-state index in [1.165, 1.54) is 23.5 Å². The molecule has 3 heterocycles. The van der Waals surface area contributed by atoms with E-state index in [0.29, 0.717) is 37.8 Å². The molecule has 2 atom stereocenters. The summed E-state index contributed by atoms with van der Waals surface area (Å²) in [6.07, 6.45) is 4.83. The third-order valence-corrected chi connectivity index (χ3v) is 10.3. The lowest BCUT2D eigenvalue weighted by Gasteiger charge is -2.45. The molecule has 43 heavy (non-hydrogen) atoms. The molecule has 2 amide bonds. The van der Waals surface area contributed by atoms with Gasteiger partial charge >= 0.3 is 5.97 Å². The first kappa shape index (κ1) is 30.0. The number of nitrogens with zero attached hydrogens (tertiary/aromatic N) is 2. The molecule has 228 valence electrons. The van der Waals surface area contributed by atoms with Crippen molar-refractivity contribution in [3.05, 3.63) is 63.7 Å². The Morgan fingerprint density at radius 3 is 2.56 bits per heavy atom. The number of rotatable bonds is 9. The van der Waals surface area contributed by atoms with E-state index in [1.807, 2.05) is 29.2 Å². The number of fused-ring (bicyclic) bond motifs is 1. The third-order valence-electron chi connectivity index (χ3n) is 9.01. The fraction of sp³-hybridized carbons (Fsp3) is 0.469. The summed E-state index contributed by atoms with van der Waals surface area (Å²) in [7, 11) is 0. The van der Waals surface area contributed by atoms with Gasteiger partial charge in [0.2, 0.25) is 5.91 Å². The first-order valence-electron chi connectivity index (χ1n) is 15.0. The number of carbonyl (C=O) groups is 3. The van der Waals surface area contributed by atoms with Crippen LogP contribution in [0.15, 0.2) is 41.8 Å². The van der Waals surface area contributed by atoms with Gasteiger partial charge in [0.05, 0.1) is 40.8 Å². The fourth-order valence-electron chi connectivity index (χ4n) is 6.48. The standard InChI is InChI=1S/C32H35ClFN3O5S/c33-24-15-20(25(34)17-26(24)35-30(39)23-18-43-28-7-2-1-5-22(23)28)16-29(38)37-14-3-6-27(37)31(36-12-4-13-36)42-21-10-8-19(9-11-21)32(40)41/h1-2,5,7,15,17-19,21,27,31H,3-4,6,8-14,16H2,(H,35,39)(H,40,41)/t19-,21-,27-,31?/m0/s1. The number of likely N-dealkylation sites (tertiary alicyclic amines) is 2. The number of carbonyl (C=O) groups excluding carboxylic acids is 2. The molecule has 0 spiro atoms. The summed E-state index contributed by atoms with van der Waals surface area (Å²) in [5.41, 5.74) is 0.817. The number of ether oxygens (including phenoxy) is 1. The first-order chi connectivity index (χ1) is 20.8. The molecular formula is C32H35ClFN3O5S. The van der Waals surface area contributed by atoms with Crippen LogP contribution in [0.1, 0.15) is 60.9 Å². The van der Waals surface area contributed by atoms with Gasteiger partial charge in [0.25, 0.3) is 5.91 Å². The van der Waals surface area contributed by atoms with E-state index in [2.05, 4.69) is 10.2 Å². The summed E-state index contributed by atoms with van der Waals surface area (Å²) < 4.78 is 22.9. The van der Waals surface area contributed by atoms with Gasteiger partial charge in [-0.15, -0.1) is 11.3 Å². The number of anilines is 1. The Hall–Kier alpha value is -3.05. The highest BCUT2D eigenvalue weighted by Crippen LogP contribution is 2.34. The van der Waals surface area contributed by atoms with E-state index in [1.54, 1.807) is 5.38 Å². The molecule has 6 rings (SSSR count). The predicted octanol–water partition coefficient (Wildman–Crippen LogP) is 6.17. The van der Waals surface area contributed by atoms with E-state index in [0.717, 1.165) is 42.4 Å². The van der Waals surface area contributed by atoms with Crippen molar-refractivity contribution in [2.45, 2.75) is 69.7 Å². The van der Waals surface area contributed by atoms with Gasteiger partial charge in [-0.1, -0.05) is 29.8 Å². The SMILES string of the molecule is O=C(Nc1cc(F)c(CC(=O)N2CCC[C@H]2C(O[C@H]2CC[C@H](C(=O)O)CC2)N2CCC2)cc1Cl)c1csc2ccccc12. The van der Waals surface area contributed by atoms with E-state index in [9.17, 15) is 19.5 Å². The van der Waals surface area contributed by atoms with Crippen LogP contribution < -0.4 is 5.32 Å². The van der Waals surface area contributed by atoms with Crippen LogP contribution in [0.5, 0.6) is 0 Å². The predicted molar refractivity (Wildman–Crippen MR) is 164 cm³/mol. The second-order valence-electron chi connectivity index (χ2n) is 11.7. The van der Waals surface area contributed by atoms with E-state index >= 15 is 4.39 Å². The highest BCUT2D eigenvalue weighted by molar-refractivity contribution is 7.17. The smallest absolute Gasteiger partial charge is 0.306 e. The van der Waals surface area contributed by atoms with Gasteiger partial charge in [0, 0.05) is 35.1 Å². The van der Waals surface area contributed by atoms with Gasteiger partial charge in [-0.3, -0.25) is 19.3 Å². The molecule has 2 saturated heterocycles. The molecule has 1 aromatic heterocycles. The molecule has 8 nitrogen and oxygen atoms in total. The van der Waals surface area contributed by atoms with Crippen molar-refractivity contribution in [3.8, 4) is 0 Å². The molecule has 3 aliphatic rings. The molecule has 2 aliphatic heterocycles. The van der Waals surface area contributed by atoms with Gasteiger partial charge in [-0.25, -0.2) is 4.39 Å². The Balaban J connectivity index is 1.12. The third kappa shape index (κ3) is 6.43. The Morgan fingerprint density at radius 2 is 1.84 bits per heavy atom. The average molecular weight is 628 g/mol. The van der Waals surface area contributed by atoms with Crippen molar-refractivity contribution in [1.29, 1.82) is 0 Å². The zero-order valence-corrected chi connectivity index (χ0v) is 25.3. The molecular weight excluding hydrogens is 593 g/mol. The highest BCUT2D eigenvalue weighted by Gasteiger charge is 2.42. The second kappa shape index (κ2) is 12.9. The van der Waals surface area contributed by atoms with Crippen molar-refractivity contribution in [3.63, 3.8) is 0 Å². The number of hydrogen-bond acceptors (Lipinski definition) is 6. The van der Waals surface area contributed by atoms with Crippen LogP contribution in [-0.4, -0.2) is 70.7 Å². The number of carboxylic acids is 1. The molecule has 2 aromatic carbocycles. The summed E-state index contributed by atoms with van der Waals surface area (Å²) in [5, 5.41) is 14.8. The maximum absolute atomic E-state index is 15.3. The number of aliphatic carboxylic acids is 1. The van der Waals surface area contributed by atoms with Crippen LogP contribution in [0.25, 0.3) is 10.1 Å². The fourth-order valence-corrected chi connectivity index (χ4v) is 7.66. The van der Waals surface area contributed by atoms with Gasteiger partial charge in [0.15, 0.2) is 0 Å². The minimum Gasteiger partial charge on any atom is -0.481 e. The van der Waals surface area contributed by atoms with E-state index < -0.39 is 11.8 Å². The summed E-state index contributed by atoms with van der Waals surface area (Å²) in [6.45, 7) is 2.36. The largest absolute Gasteiger partial charge is 0.481 e. The summed E-state index contributed by atoms with van der Waals surface area (Å²) in [6, 6.07) is 10.0. The Morgan fingerprint density at radius 1 is 1.07 bits per heavy atom. The monoisotopic (exact) mass is 627 g/mol. The molecule has 3 fully saturated rings. The normalized spacial score (nSPS) is 23.2. The molecule has 0 bridgehead atoms. The minimum atomic E-state index is -0.746. The lowest BCUT2D eigenvalue weighted by Crippen LogP contribution is -2.57. The van der Waals surface area contributed by atoms with Crippen LogP contribution >= 0.6 is 22.9 Å². The number of hydrogen-bond donors (Lipinski definition) is 2. The van der Waals surface area contributed by atoms with Crippen LogP contribution in [0.4, 0.5) is 10.1 Å².